The first-order valence-electron chi connectivity index (χ1n) is 13.7. The molecule has 0 spiro atoms. The van der Waals surface area contributed by atoms with Gasteiger partial charge in [0.1, 0.15) is 0 Å². The fraction of sp³-hybridized carbons (Fsp3) is 0.355. The second kappa shape index (κ2) is 11.6. The summed E-state index contributed by atoms with van der Waals surface area (Å²) in [7, 11) is -3.13. The fourth-order valence-corrected chi connectivity index (χ4v) is 10.1. The van der Waals surface area contributed by atoms with Gasteiger partial charge < -0.3 is 9.80 Å². The molecule has 3 heterocycles. The molecule has 0 N–H and O–H groups in total. The van der Waals surface area contributed by atoms with Crippen LogP contribution in [0.25, 0.3) is 0 Å². The Balaban J connectivity index is 1.17. The molecule has 0 saturated carbocycles. The van der Waals surface area contributed by atoms with Crippen LogP contribution in [0.3, 0.4) is 0 Å². The fourth-order valence-electron chi connectivity index (χ4n) is 5.98. The summed E-state index contributed by atoms with van der Waals surface area (Å²) >= 11 is 7.65. The van der Waals surface area contributed by atoms with Crippen molar-refractivity contribution in [3.8, 4) is 0 Å². The maximum atomic E-state index is 12.9. The van der Waals surface area contributed by atoms with Crippen LogP contribution >= 0.6 is 23.4 Å². The Labute approximate surface area is 245 Å². The van der Waals surface area contributed by atoms with Gasteiger partial charge in [-0.05, 0) is 66.6 Å². The first-order valence-corrected chi connectivity index (χ1v) is 16.8. The predicted molar refractivity (Wildman–Crippen MR) is 165 cm³/mol. The zero-order chi connectivity index (χ0) is 27.7. The molecule has 6 rings (SSSR count). The molecule has 9 heteroatoms. The molecule has 0 bridgehead atoms. The molecule has 3 fully saturated rings. The van der Waals surface area contributed by atoms with Gasteiger partial charge in [0.2, 0.25) is 0 Å². The third-order valence-corrected chi connectivity index (χ3v) is 11.6. The van der Waals surface area contributed by atoms with Crippen molar-refractivity contribution in [3.05, 3.63) is 95.0 Å². The summed E-state index contributed by atoms with van der Waals surface area (Å²) in [6.07, 6.45) is 3.55. The Kier molecular flexibility index (Phi) is 7.93. The molecular weight excluding hydrogens is 562 g/mol. The smallest absolute Gasteiger partial charge is 0.252 e. The second-order valence-electron chi connectivity index (χ2n) is 10.9. The molecular formula is C31H32ClN3O3S2. The third-order valence-electron chi connectivity index (χ3n) is 8.06. The average Bonchev–Trinajstić information content (AvgIpc) is 3.41. The van der Waals surface area contributed by atoms with E-state index in [2.05, 4.69) is 52.4 Å². The molecule has 1 amide bonds. The molecule has 2 atom stereocenters. The number of anilines is 2. The van der Waals surface area contributed by atoms with E-state index in [1.807, 2.05) is 35.2 Å². The lowest BCUT2D eigenvalue weighted by molar-refractivity contribution is -0.117. The number of benzene rings is 3. The van der Waals surface area contributed by atoms with Crippen molar-refractivity contribution < 1.29 is 13.2 Å². The SMILES string of the molecule is O=C(Cc1ccccc1Cl)N=C1S[C@@H]2CS(=O)(=O)C[C@H]2N1c1ccc(N2CCC(Cc3ccccc3)CC2)cc1. The molecule has 208 valence electrons. The van der Waals surface area contributed by atoms with Crippen LogP contribution in [0.2, 0.25) is 5.02 Å². The summed E-state index contributed by atoms with van der Waals surface area (Å²) in [5.41, 5.74) is 4.17. The van der Waals surface area contributed by atoms with E-state index in [1.165, 1.54) is 17.3 Å². The first kappa shape index (κ1) is 27.4. The van der Waals surface area contributed by atoms with Crippen molar-refractivity contribution in [1.29, 1.82) is 0 Å². The Morgan fingerprint density at radius 3 is 2.30 bits per heavy atom. The van der Waals surface area contributed by atoms with Crippen LogP contribution in [0.1, 0.15) is 24.0 Å². The minimum absolute atomic E-state index is 0.0685. The summed E-state index contributed by atoms with van der Waals surface area (Å²) in [5, 5.41) is 0.964. The van der Waals surface area contributed by atoms with Gasteiger partial charge in [-0.25, -0.2) is 8.42 Å². The van der Waals surface area contributed by atoms with Gasteiger partial charge in [0.25, 0.3) is 5.91 Å². The highest BCUT2D eigenvalue weighted by atomic mass is 35.5. The number of aliphatic imine (C=N–C) groups is 1. The van der Waals surface area contributed by atoms with E-state index in [-0.39, 0.29) is 35.1 Å². The van der Waals surface area contributed by atoms with Gasteiger partial charge in [-0.2, -0.15) is 4.99 Å². The summed E-state index contributed by atoms with van der Waals surface area (Å²) in [5.74, 6) is 0.576. The lowest BCUT2D eigenvalue weighted by atomic mass is 9.90. The molecule has 3 aliphatic rings. The number of piperidine rings is 1. The number of nitrogens with zero attached hydrogens (tertiary/aromatic N) is 3. The number of carbonyl (C=O) groups is 1. The van der Waals surface area contributed by atoms with Gasteiger partial charge in [0.05, 0.1) is 24.0 Å². The highest BCUT2D eigenvalue weighted by molar-refractivity contribution is 8.16. The monoisotopic (exact) mass is 593 g/mol. The van der Waals surface area contributed by atoms with Crippen LogP contribution in [0.4, 0.5) is 11.4 Å². The van der Waals surface area contributed by atoms with E-state index in [0.717, 1.165) is 49.3 Å². The van der Waals surface area contributed by atoms with Gasteiger partial charge in [-0.15, -0.1) is 0 Å². The Bertz CT molecular complexity index is 1500. The molecule has 0 aliphatic carbocycles. The number of amidine groups is 1. The zero-order valence-corrected chi connectivity index (χ0v) is 24.5. The number of thioether (sulfide) groups is 1. The van der Waals surface area contributed by atoms with Gasteiger partial charge in [-0.3, -0.25) is 4.79 Å². The number of hydrogen-bond acceptors (Lipinski definition) is 5. The van der Waals surface area contributed by atoms with Crippen LogP contribution in [-0.2, 0) is 27.5 Å². The van der Waals surface area contributed by atoms with Crippen LogP contribution in [-0.4, -0.2) is 55.4 Å². The van der Waals surface area contributed by atoms with E-state index in [9.17, 15) is 13.2 Å². The summed E-state index contributed by atoms with van der Waals surface area (Å²) < 4.78 is 24.9. The number of halogens is 1. The maximum Gasteiger partial charge on any atom is 0.252 e. The van der Waals surface area contributed by atoms with E-state index in [4.69, 9.17) is 11.6 Å². The van der Waals surface area contributed by atoms with E-state index in [1.54, 1.807) is 6.07 Å². The van der Waals surface area contributed by atoms with E-state index < -0.39 is 9.84 Å². The minimum Gasteiger partial charge on any atom is -0.372 e. The van der Waals surface area contributed by atoms with Crippen LogP contribution in [0.5, 0.6) is 0 Å². The van der Waals surface area contributed by atoms with Crippen molar-refractivity contribution in [1.82, 2.24) is 0 Å². The number of hydrogen-bond donors (Lipinski definition) is 0. The molecule has 3 aromatic rings. The van der Waals surface area contributed by atoms with E-state index >= 15 is 0 Å². The van der Waals surface area contributed by atoms with Gasteiger partial charge in [-0.1, -0.05) is 71.9 Å². The van der Waals surface area contributed by atoms with Crippen LogP contribution < -0.4 is 9.80 Å². The maximum absolute atomic E-state index is 12.9. The summed E-state index contributed by atoms with van der Waals surface area (Å²) in [6, 6.07) is 26.0. The lowest BCUT2D eigenvalue weighted by Gasteiger charge is -2.34. The quantitative estimate of drug-likeness (QED) is 0.368. The molecule has 0 unspecified atom stereocenters. The average molecular weight is 594 g/mol. The first-order chi connectivity index (χ1) is 19.3. The van der Waals surface area contributed by atoms with Crippen LogP contribution in [0.15, 0.2) is 83.9 Å². The molecule has 6 nitrogen and oxygen atoms in total. The number of amides is 1. The number of fused-ring (bicyclic) bond motifs is 1. The van der Waals surface area contributed by atoms with Gasteiger partial charge in [0.15, 0.2) is 15.0 Å². The summed E-state index contributed by atoms with van der Waals surface area (Å²) in [4.78, 5) is 21.8. The van der Waals surface area contributed by atoms with Crippen LogP contribution in [0, 0.1) is 5.92 Å². The third kappa shape index (κ3) is 6.09. The molecule has 3 saturated heterocycles. The number of carbonyl (C=O) groups excluding carboxylic acids is 1. The molecule has 0 radical (unpaired) electrons. The highest BCUT2D eigenvalue weighted by Crippen LogP contribution is 2.41. The predicted octanol–water partition coefficient (Wildman–Crippen LogP) is 5.64. The standard InChI is InChI=1S/C31H32ClN3O3S2/c32-27-9-5-4-8-24(27)19-30(36)33-31-35(28-20-40(37,38)21-29(28)39-31)26-12-10-25(11-13-26)34-16-14-23(15-17-34)18-22-6-2-1-3-7-22/h1-13,23,28-29H,14-21H2/t28-,29-/m1/s1. The van der Waals surface area contributed by atoms with Crippen molar-refractivity contribution in [2.75, 3.05) is 34.4 Å². The Hall–Kier alpha value is -2.81. The lowest BCUT2D eigenvalue weighted by Crippen LogP contribution is -2.38. The number of sulfone groups is 1. The van der Waals surface area contributed by atoms with Gasteiger partial charge in [0, 0.05) is 34.7 Å². The van der Waals surface area contributed by atoms with Crippen molar-refractivity contribution >= 4 is 55.6 Å². The topological polar surface area (TPSA) is 70.0 Å². The number of rotatable bonds is 6. The zero-order valence-electron chi connectivity index (χ0n) is 22.2. The van der Waals surface area contributed by atoms with E-state index in [0.29, 0.717) is 16.1 Å². The minimum atomic E-state index is -3.13. The normalized spacial score (nSPS) is 23.5. The Morgan fingerprint density at radius 1 is 0.900 bits per heavy atom. The van der Waals surface area contributed by atoms with Crippen molar-refractivity contribution in [2.24, 2.45) is 10.9 Å². The van der Waals surface area contributed by atoms with Crippen molar-refractivity contribution in [3.63, 3.8) is 0 Å². The largest absolute Gasteiger partial charge is 0.372 e. The molecule has 0 aromatic heterocycles. The molecule has 3 aromatic carbocycles. The molecule has 40 heavy (non-hydrogen) atoms. The highest BCUT2D eigenvalue weighted by Gasteiger charge is 2.49. The summed E-state index contributed by atoms with van der Waals surface area (Å²) in [6.45, 7) is 2.03. The van der Waals surface area contributed by atoms with Crippen molar-refractivity contribution in [2.45, 2.75) is 37.0 Å². The molecule has 3 aliphatic heterocycles. The Morgan fingerprint density at radius 2 is 1.57 bits per heavy atom. The van der Waals surface area contributed by atoms with Gasteiger partial charge >= 0.3 is 0 Å². The second-order valence-corrected chi connectivity index (χ2v) is 14.6.